The van der Waals surface area contributed by atoms with Crippen LogP contribution < -0.4 is 4.65 Å². The number of fused-ring (bicyclic) bond motifs is 3. The molecule has 0 atom stereocenters. The van der Waals surface area contributed by atoms with Gasteiger partial charge in [0.1, 0.15) is 5.71 Å². The van der Waals surface area contributed by atoms with Gasteiger partial charge in [0, 0.05) is 36.6 Å². The van der Waals surface area contributed by atoms with Gasteiger partial charge in [0.2, 0.25) is 0 Å². The summed E-state index contributed by atoms with van der Waals surface area (Å²) in [6.07, 6.45) is 0. The predicted molar refractivity (Wildman–Crippen MR) is 95.3 cm³/mol. The Morgan fingerprint density at radius 1 is 1.04 bits per heavy atom. The van der Waals surface area contributed by atoms with Crippen LogP contribution in [0.15, 0.2) is 60.7 Å². The van der Waals surface area contributed by atoms with E-state index in [4.69, 9.17) is 4.65 Å². The molecule has 8 heteroatoms. The minimum atomic E-state index is -4.38. The second kappa shape index (κ2) is 5.62. The van der Waals surface area contributed by atoms with Crippen LogP contribution in [0.4, 0.5) is 20.0 Å². The lowest BCUT2D eigenvalue weighted by Gasteiger charge is -2.31. The minimum Gasteiger partial charge on any atom is -0.598 e. The second-order valence-electron chi connectivity index (χ2n) is 6.07. The summed E-state index contributed by atoms with van der Waals surface area (Å²) in [4.78, 5) is 10.2. The second-order valence-corrected chi connectivity index (χ2v) is 6.07. The Balaban J connectivity index is 1.94. The number of non-ortho nitro benzene ring substituents is 1. The molecule has 0 saturated heterocycles. The molecular formula is C18H13BF2N2O3. The lowest BCUT2D eigenvalue weighted by atomic mass is 9.92. The van der Waals surface area contributed by atoms with E-state index in [2.05, 4.69) is 0 Å². The van der Waals surface area contributed by atoms with Crippen molar-refractivity contribution >= 4 is 34.9 Å². The zero-order valence-corrected chi connectivity index (χ0v) is 13.7. The molecule has 1 aliphatic rings. The maximum Gasteiger partial charge on any atom is 0.834 e. The van der Waals surface area contributed by atoms with Crippen molar-refractivity contribution in [3.63, 3.8) is 0 Å². The molecule has 0 spiro atoms. The van der Waals surface area contributed by atoms with E-state index < -0.39 is 12.0 Å². The Morgan fingerprint density at radius 2 is 1.73 bits per heavy atom. The van der Waals surface area contributed by atoms with Gasteiger partial charge >= 0.3 is 7.04 Å². The molecule has 3 aromatic carbocycles. The lowest BCUT2D eigenvalue weighted by Crippen LogP contribution is -2.49. The summed E-state index contributed by atoms with van der Waals surface area (Å²) in [5.41, 5.74) is 0.870. The molecule has 0 radical (unpaired) electrons. The van der Waals surface area contributed by atoms with Crippen molar-refractivity contribution in [3.05, 3.63) is 76.3 Å². The first-order valence-corrected chi connectivity index (χ1v) is 7.98. The van der Waals surface area contributed by atoms with E-state index in [1.807, 2.05) is 18.2 Å². The largest absolute Gasteiger partial charge is 0.834 e. The molecule has 0 aliphatic carbocycles. The van der Waals surface area contributed by atoms with Crippen LogP contribution in [-0.4, -0.2) is 22.2 Å². The molecule has 0 N–H and O–H groups in total. The fourth-order valence-corrected chi connectivity index (χ4v) is 3.31. The van der Waals surface area contributed by atoms with E-state index in [0.717, 1.165) is 9.87 Å². The third-order valence-electron chi connectivity index (χ3n) is 4.53. The molecule has 0 fully saturated rings. The van der Waals surface area contributed by atoms with E-state index in [1.165, 1.54) is 24.3 Å². The predicted octanol–water partition coefficient (Wildman–Crippen LogP) is 4.67. The lowest BCUT2D eigenvalue weighted by molar-refractivity contribution is -0.385. The average molecular weight is 354 g/mol. The molecule has 1 heterocycles. The third-order valence-corrected chi connectivity index (χ3v) is 4.53. The van der Waals surface area contributed by atoms with Crippen LogP contribution in [0, 0.1) is 10.1 Å². The van der Waals surface area contributed by atoms with Crippen molar-refractivity contribution in [1.82, 2.24) is 0 Å². The number of nitro benzene ring substituents is 1. The molecule has 3 aromatic rings. The number of nitrogens with zero attached hydrogens (tertiary/aromatic N) is 2. The first-order valence-electron chi connectivity index (χ1n) is 7.98. The molecule has 26 heavy (non-hydrogen) atoms. The summed E-state index contributed by atoms with van der Waals surface area (Å²) in [6.45, 7) is 1.59. The van der Waals surface area contributed by atoms with Crippen LogP contribution in [0.5, 0.6) is 5.75 Å². The van der Waals surface area contributed by atoms with E-state index in [0.29, 0.717) is 16.7 Å². The highest BCUT2D eigenvalue weighted by Crippen LogP contribution is 2.38. The molecular weight excluding hydrogens is 341 g/mol. The van der Waals surface area contributed by atoms with Crippen LogP contribution in [0.2, 0.25) is 0 Å². The van der Waals surface area contributed by atoms with Gasteiger partial charge in [0.15, 0.2) is 5.69 Å². The molecule has 0 amide bonds. The average Bonchev–Trinajstić information content (AvgIpc) is 2.61. The summed E-state index contributed by atoms with van der Waals surface area (Å²) >= 11 is 0. The summed E-state index contributed by atoms with van der Waals surface area (Å²) in [6, 6.07) is 15.8. The zero-order valence-electron chi connectivity index (χ0n) is 13.7. The zero-order chi connectivity index (χ0) is 18.5. The number of halogens is 2. The van der Waals surface area contributed by atoms with Gasteiger partial charge in [0.05, 0.1) is 16.2 Å². The van der Waals surface area contributed by atoms with Gasteiger partial charge in [-0.2, -0.15) is 0 Å². The van der Waals surface area contributed by atoms with Crippen molar-refractivity contribution in [1.29, 1.82) is 0 Å². The minimum absolute atomic E-state index is 0.136. The number of hydrogen-bond donors (Lipinski definition) is 0. The van der Waals surface area contributed by atoms with Gasteiger partial charge in [-0.3, -0.25) is 10.1 Å². The topological polar surface area (TPSA) is 55.4 Å². The van der Waals surface area contributed by atoms with Crippen molar-refractivity contribution in [2.24, 2.45) is 0 Å². The van der Waals surface area contributed by atoms with Crippen molar-refractivity contribution < 1.29 is 22.7 Å². The molecule has 1 aliphatic heterocycles. The Hall–Kier alpha value is -3.29. The number of nitro groups is 1. The van der Waals surface area contributed by atoms with E-state index in [-0.39, 0.29) is 17.1 Å². The molecule has 0 bridgehead atoms. The highest BCUT2D eigenvalue weighted by atomic mass is 19.3. The van der Waals surface area contributed by atoms with Gasteiger partial charge in [-0.05, 0) is 11.5 Å². The number of hydrogen-bond acceptors (Lipinski definition) is 3. The quantitative estimate of drug-likeness (QED) is 0.382. The van der Waals surface area contributed by atoms with Crippen molar-refractivity contribution in [3.8, 4) is 5.75 Å². The summed E-state index contributed by atoms with van der Waals surface area (Å²) in [7, 11) is -4.38. The smallest absolute Gasteiger partial charge is 0.598 e. The Bertz CT molecular complexity index is 1080. The highest BCUT2D eigenvalue weighted by Gasteiger charge is 2.52. The molecule has 5 nitrogen and oxygen atoms in total. The van der Waals surface area contributed by atoms with E-state index in [1.54, 1.807) is 25.1 Å². The van der Waals surface area contributed by atoms with Gasteiger partial charge in [-0.1, -0.05) is 30.3 Å². The Morgan fingerprint density at radius 3 is 2.42 bits per heavy atom. The van der Waals surface area contributed by atoms with Crippen molar-refractivity contribution in [2.75, 3.05) is 0 Å². The molecule has 0 aromatic heterocycles. The van der Waals surface area contributed by atoms with E-state index in [9.17, 15) is 18.7 Å². The number of rotatable bonds is 2. The van der Waals surface area contributed by atoms with E-state index >= 15 is 0 Å². The van der Waals surface area contributed by atoms with Crippen LogP contribution in [0.1, 0.15) is 12.5 Å². The molecule has 4 rings (SSSR count). The summed E-state index contributed by atoms with van der Waals surface area (Å²) < 4.78 is 35.7. The highest BCUT2D eigenvalue weighted by molar-refractivity contribution is 6.54. The summed E-state index contributed by atoms with van der Waals surface area (Å²) in [5.74, 6) is 0.156. The maximum absolute atomic E-state index is 14.9. The van der Waals surface area contributed by atoms with Gasteiger partial charge in [-0.25, -0.2) is 0 Å². The van der Waals surface area contributed by atoms with Crippen LogP contribution in [-0.2, 0) is 0 Å². The van der Waals surface area contributed by atoms with Crippen LogP contribution in [0.3, 0.4) is 0 Å². The number of benzene rings is 3. The monoisotopic (exact) mass is 354 g/mol. The SMILES string of the molecule is CC1=[N+](c2ccc([N+](=O)[O-])cc2)[B-](F)(F)Oc2c1ccc1ccccc21. The Labute approximate surface area is 147 Å². The fourth-order valence-electron chi connectivity index (χ4n) is 3.31. The molecule has 130 valence electrons. The first kappa shape index (κ1) is 16.2. The summed E-state index contributed by atoms with van der Waals surface area (Å²) in [5, 5.41) is 12.2. The van der Waals surface area contributed by atoms with Gasteiger partial charge < -0.3 is 17.8 Å². The first-order chi connectivity index (χ1) is 12.4. The maximum atomic E-state index is 14.9. The van der Waals surface area contributed by atoms with Crippen molar-refractivity contribution in [2.45, 2.75) is 6.92 Å². The fraction of sp³-hybridized carbons (Fsp3) is 0.0556. The Kier molecular flexibility index (Phi) is 3.50. The van der Waals surface area contributed by atoms with Crippen LogP contribution in [0.25, 0.3) is 10.8 Å². The standard InChI is InChI=1S/C18H13BF2N2O3/c1-12-16-11-6-13-4-2-3-5-17(13)18(16)26-19(20,21)22(12)14-7-9-15(10-8-14)23(24)25/h2-11H,1H3. The molecule has 0 unspecified atom stereocenters. The van der Waals surface area contributed by atoms with Gasteiger partial charge in [-0.15, -0.1) is 0 Å². The van der Waals surface area contributed by atoms with Gasteiger partial charge in [0.25, 0.3) is 5.69 Å². The van der Waals surface area contributed by atoms with Crippen LogP contribution >= 0.6 is 0 Å². The molecule has 0 saturated carbocycles. The third kappa shape index (κ3) is 2.42. The normalized spacial score (nSPS) is 15.5.